The molecule has 0 aliphatic heterocycles. The molecule has 1 N–H and O–H groups in total. The average molecular weight is 245 g/mol. The Morgan fingerprint density at radius 1 is 1.28 bits per heavy atom. The van der Waals surface area contributed by atoms with E-state index in [0.717, 1.165) is 19.4 Å². The maximum Gasteiger partial charge on any atom is 0.123 e. The first-order valence-corrected chi connectivity index (χ1v) is 7.02. The van der Waals surface area contributed by atoms with Gasteiger partial charge in [-0.05, 0) is 68.3 Å². The van der Waals surface area contributed by atoms with Gasteiger partial charge in [-0.1, -0.05) is 17.7 Å². The molecule has 0 aromatic heterocycles. The third-order valence-electron chi connectivity index (χ3n) is 4.15. The maximum absolute atomic E-state index is 13.1. The Morgan fingerprint density at radius 2 is 2.22 bits per heavy atom. The molecule has 1 aromatic carbocycles. The zero-order valence-electron chi connectivity index (χ0n) is 10.7. The molecular weight excluding hydrogens is 225 g/mol. The van der Waals surface area contributed by atoms with Gasteiger partial charge in [-0.25, -0.2) is 4.39 Å². The van der Waals surface area contributed by atoms with E-state index in [9.17, 15) is 4.39 Å². The zero-order valence-corrected chi connectivity index (χ0v) is 10.7. The van der Waals surface area contributed by atoms with Gasteiger partial charge in [0.2, 0.25) is 0 Å². The molecule has 3 rings (SSSR count). The third kappa shape index (κ3) is 2.49. The highest BCUT2D eigenvalue weighted by Crippen LogP contribution is 2.31. The Kier molecular flexibility index (Phi) is 3.46. The minimum absolute atomic E-state index is 0.106. The molecule has 18 heavy (non-hydrogen) atoms. The molecule has 2 heteroatoms. The molecule has 0 radical (unpaired) electrons. The summed E-state index contributed by atoms with van der Waals surface area (Å²) in [6, 6.07) is 5.65. The van der Waals surface area contributed by atoms with Crippen LogP contribution in [0.3, 0.4) is 0 Å². The standard InChI is InChI=1S/C16H20FN/c17-14-6-7-15-13(11-14)5-8-16(15)18-10-9-12-3-1-2-4-12/h3,6-7,11,16,18H,1-2,4-5,8-10H2. The predicted molar refractivity (Wildman–Crippen MR) is 72.0 cm³/mol. The van der Waals surface area contributed by atoms with Gasteiger partial charge in [-0.3, -0.25) is 0 Å². The Hall–Kier alpha value is -1.15. The lowest BCUT2D eigenvalue weighted by molar-refractivity contribution is 0.531. The van der Waals surface area contributed by atoms with Gasteiger partial charge in [0.05, 0.1) is 0 Å². The molecular formula is C16H20FN. The SMILES string of the molecule is Fc1ccc2c(c1)CCC2NCCC1=CCCC1. The van der Waals surface area contributed by atoms with Crippen molar-refractivity contribution in [2.45, 2.75) is 44.6 Å². The van der Waals surface area contributed by atoms with Crippen molar-refractivity contribution in [2.75, 3.05) is 6.54 Å². The molecule has 0 saturated heterocycles. The number of allylic oxidation sites excluding steroid dienone is 1. The topological polar surface area (TPSA) is 12.0 Å². The van der Waals surface area contributed by atoms with Crippen molar-refractivity contribution >= 4 is 0 Å². The van der Waals surface area contributed by atoms with Crippen molar-refractivity contribution in [1.82, 2.24) is 5.32 Å². The molecule has 1 atom stereocenters. The maximum atomic E-state index is 13.1. The van der Waals surface area contributed by atoms with Gasteiger partial charge in [0.1, 0.15) is 5.82 Å². The van der Waals surface area contributed by atoms with Crippen LogP contribution in [-0.2, 0) is 6.42 Å². The van der Waals surface area contributed by atoms with Crippen LogP contribution in [0.1, 0.15) is 49.3 Å². The largest absolute Gasteiger partial charge is 0.310 e. The Morgan fingerprint density at radius 3 is 3.06 bits per heavy atom. The summed E-state index contributed by atoms with van der Waals surface area (Å²) in [5, 5.41) is 3.62. The summed E-state index contributed by atoms with van der Waals surface area (Å²) >= 11 is 0. The van der Waals surface area contributed by atoms with E-state index in [2.05, 4.69) is 11.4 Å². The number of nitrogens with one attached hydrogen (secondary N) is 1. The molecule has 0 spiro atoms. The van der Waals surface area contributed by atoms with Crippen molar-refractivity contribution < 1.29 is 4.39 Å². The first kappa shape index (κ1) is 11.9. The Balaban J connectivity index is 1.56. The minimum atomic E-state index is -0.106. The van der Waals surface area contributed by atoms with Crippen LogP contribution in [0.5, 0.6) is 0 Å². The van der Waals surface area contributed by atoms with Crippen molar-refractivity contribution in [3.8, 4) is 0 Å². The van der Waals surface area contributed by atoms with Crippen LogP contribution in [-0.4, -0.2) is 6.54 Å². The van der Waals surface area contributed by atoms with Gasteiger partial charge in [0.15, 0.2) is 0 Å². The van der Waals surface area contributed by atoms with Crippen LogP contribution < -0.4 is 5.32 Å². The van der Waals surface area contributed by atoms with E-state index in [1.807, 2.05) is 6.07 Å². The molecule has 1 aromatic rings. The summed E-state index contributed by atoms with van der Waals surface area (Å²) < 4.78 is 13.1. The van der Waals surface area contributed by atoms with Crippen molar-refractivity contribution in [1.29, 1.82) is 0 Å². The van der Waals surface area contributed by atoms with E-state index in [0.29, 0.717) is 6.04 Å². The predicted octanol–water partition coefficient (Wildman–Crippen LogP) is 3.90. The second-order valence-corrected chi connectivity index (χ2v) is 5.39. The molecule has 0 saturated carbocycles. The lowest BCUT2D eigenvalue weighted by Crippen LogP contribution is -2.20. The van der Waals surface area contributed by atoms with Crippen molar-refractivity contribution in [3.63, 3.8) is 0 Å². The normalized spacial score (nSPS) is 22.1. The van der Waals surface area contributed by atoms with Gasteiger partial charge in [-0.15, -0.1) is 0 Å². The molecule has 0 amide bonds. The lowest BCUT2D eigenvalue weighted by atomic mass is 10.1. The van der Waals surface area contributed by atoms with E-state index in [4.69, 9.17) is 0 Å². The summed E-state index contributed by atoms with van der Waals surface area (Å²) in [6.07, 6.45) is 9.56. The molecule has 2 aliphatic carbocycles. The molecule has 0 bridgehead atoms. The minimum Gasteiger partial charge on any atom is -0.310 e. The highest BCUT2D eigenvalue weighted by Gasteiger charge is 2.22. The van der Waals surface area contributed by atoms with E-state index in [1.165, 1.54) is 36.8 Å². The van der Waals surface area contributed by atoms with E-state index < -0.39 is 0 Å². The fourth-order valence-corrected chi connectivity index (χ4v) is 3.17. The number of hydrogen-bond donors (Lipinski definition) is 1. The third-order valence-corrected chi connectivity index (χ3v) is 4.15. The summed E-state index contributed by atoms with van der Waals surface area (Å²) in [4.78, 5) is 0. The molecule has 0 fully saturated rings. The zero-order chi connectivity index (χ0) is 12.4. The van der Waals surface area contributed by atoms with Crippen molar-refractivity contribution in [3.05, 3.63) is 46.8 Å². The second kappa shape index (κ2) is 5.23. The van der Waals surface area contributed by atoms with Crippen LogP contribution in [0.4, 0.5) is 4.39 Å². The number of benzene rings is 1. The number of halogens is 1. The number of rotatable bonds is 4. The molecule has 0 heterocycles. The molecule has 2 aliphatic rings. The van der Waals surface area contributed by atoms with Gasteiger partial charge in [0.25, 0.3) is 0 Å². The number of fused-ring (bicyclic) bond motifs is 1. The van der Waals surface area contributed by atoms with Crippen LogP contribution in [0.15, 0.2) is 29.8 Å². The highest BCUT2D eigenvalue weighted by atomic mass is 19.1. The summed E-state index contributed by atoms with van der Waals surface area (Å²) in [5.41, 5.74) is 4.10. The van der Waals surface area contributed by atoms with Gasteiger partial charge < -0.3 is 5.32 Å². The monoisotopic (exact) mass is 245 g/mol. The second-order valence-electron chi connectivity index (χ2n) is 5.39. The van der Waals surface area contributed by atoms with E-state index in [-0.39, 0.29) is 5.82 Å². The van der Waals surface area contributed by atoms with Crippen molar-refractivity contribution in [2.24, 2.45) is 0 Å². The van der Waals surface area contributed by atoms with Crippen LogP contribution in [0.25, 0.3) is 0 Å². The van der Waals surface area contributed by atoms with Gasteiger partial charge in [0, 0.05) is 6.04 Å². The smallest absolute Gasteiger partial charge is 0.123 e. The van der Waals surface area contributed by atoms with Crippen LogP contribution >= 0.6 is 0 Å². The molecule has 1 nitrogen and oxygen atoms in total. The average Bonchev–Trinajstić information content (AvgIpc) is 2.99. The highest BCUT2D eigenvalue weighted by molar-refractivity contribution is 5.34. The summed E-state index contributed by atoms with van der Waals surface area (Å²) in [7, 11) is 0. The fourth-order valence-electron chi connectivity index (χ4n) is 3.17. The first-order chi connectivity index (χ1) is 8.83. The first-order valence-electron chi connectivity index (χ1n) is 7.02. The van der Waals surface area contributed by atoms with Gasteiger partial charge in [-0.2, -0.15) is 0 Å². The quantitative estimate of drug-likeness (QED) is 0.793. The molecule has 96 valence electrons. The Bertz CT molecular complexity index is 464. The summed E-state index contributed by atoms with van der Waals surface area (Å²) in [6.45, 7) is 1.05. The number of aryl methyl sites for hydroxylation is 1. The Labute approximate surface area is 108 Å². The van der Waals surface area contributed by atoms with Crippen LogP contribution in [0, 0.1) is 5.82 Å². The van der Waals surface area contributed by atoms with E-state index >= 15 is 0 Å². The molecule has 1 unspecified atom stereocenters. The number of hydrogen-bond acceptors (Lipinski definition) is 1. The van der Waals surface area contributed by atoms with Crippen LogP contribution in [0.2, 0.25) is 0 Å². The summed E-state index contributed by atoms with van der Waals surface area (Å²) in [5.74, 6) is -0.106. The van der Waals surface area contributed by atoms with E-state index in [1.54, 1.807) is 17.7 Å². The van der Waals surface area contributed by atoms with Gasteiger partial charge >= 0.3 is 0 Å². The lowest BCUT2D eigenvalue weighted by Gasteiger charge is -2.14. The fraction of sp³-hybridized carbons (Fsp3) is 0.500.